The molecule has 1 aliphatic rings. The molecule has 2 aromatic carbocycles. The predicted octanol–water partition coefficient (Wildman–Crippen LogP) is 3.25. The zero-order chi connectivity index (χ0) is 14.1. The van der Waals surface area contributed by atoms with Crippen LogP contribution in [-0.4, -0.2) is 13.0 Å². The second-order valence-corrected chi connectivity index (χ2v) is 5.74. The third-order valence-electron chi connectivity index (χ3n) is 3.59. The SMILES string of the molecule is CNC(c1ccc2c(c1)CC(=O)N2)c1ccccc1Br. The number of nitrogens with one attached hydrogen (secondary N) is 2. The fourth-order valence-corrected chi connectivity index (χ4v) is 3.15. The van der Waals surface area contributed by atoms with E-state index < -0.39 is 0 Å². The number of anilines is 1. The van der Waals surface area contributed by atoms with Gasteiger partial charge >= 0.3 is 0 Å². The number of amides is 1. The van der Waals surface area contributed by atoms with Crippen LogP contribution in [0.2, 0.25) is 0 Å². The van der Waals surface area contributed by atoms with Crippen LogP contribution in [0.1, 0.15) is 22.7 Å². The van der Waals surface area contributed by atoms with Gasteiger partial charge in [0.1, 0.15) is 0 Å². The fraction of sp³-hybridized carbons (Fsp3) is 0.188. The lowest BCUT2D eigenvalue weighted by atomic mass is 9.96. The Morgan fingerprint density at radius 3 is 2.80 bits per heavy atom. The minimum absolute atomic E-state index is 0.0686. The van der Waals surface area contributed by atoms with Gasteiger partial charge in [0.25, 0.3) is 0 Å². The number of rotatable bonds is 3. The van der Waals surface area contributed by atoms with Gasteiger partial charge in [0.05, 0.1) is 12.5 Å². The first-order valence-corrected chi connectivity index (χ1v) is 7.32. The highest BCUT2D eigenvalue weighted by molar-refractivity contribution is 9.10. The van der Waals surface area contributed by atoms with Crippen molar-refractivity contribution in [1.29, 1.82) is 0 Å². The zero-order valence-electron chi connectivity index (χ0n) is 11.1. The van der Waals surface area contributed by atoms with Crippen LogP contribution in [0.5, 0.6) is 0 Å². The molecule has 0 fully saturated rings. The van der Waals surface area contributed by atoms with Crippen LogP contribution in [0.3, 0.4) is 0 Å². The van der Waals surface area contributed by atoms with Gasteiger partial charge in [-0.2, -0.15) is 0 Å². The highest BCUT2D eigenvalue weighted by Gasteiger charge is 2.21. The molecule has 0 aliphatic carbocycles. The number of benzene rings is 2. The van der Waals surface area contributed by atoms with Crippen molar-refractivity contribution in [2.75, 3.05) is 12.4 Å². The summed E-state index contributed by atoms with van der Waals surface area (Å²) in [5.41, 5.74) is 4.35. The van der Waals surface area contributed by atoms with Crippen molar-refractivity contribution < 1.29 is 4.79 Å². The van der Waals surface area contributed by atoms with Gasteiger partial charge in [-0.25, -0.2) is 0 Å². The second kappa shape index (κ2) is 5.38. The van der Waals surface area contributed by atoms with Crippen molar-refractivity contribution in [3.63, 3.8) is 0 Å². The normalized spacial score (nSPS) is 14.8. The molecule has 3 rings (SSSR count). The molecule has 1 amide bonds. The lowest BCUT2D eigenvalue weighted by Crippen LogP contribution is -2.18. The molecule has 0 saturated heterocycles. The molecule has 2 aromatic rings. The summed E-state index contributed by atoms with van der Waals surface area (Å²) in [4.78, 5) is 11.4. The summed E-state index contributed by atoms with van der Waals surface area (Å²) in [6.07, 6.45) is 0.468. The number of halogens is 1. The minimum atomic E-state index is 0.0686. The summed E-state index contributed by atoms with van der Waals surface area (Å²) in [5.74, 6) is 0.0686. The average molecular weight is 331 g/mol. The van der Waals surface area contributed by atoms with Crippen LogP contribution in [0.4, 0.5) is 5.69 Å². The molecule has 0 radical (unpaired) electrons. The molecule has 0 bridgehead atoms. The van der Waals surface area contributed by atoms with Gasteiger partial charge in [0.2, 0.25) is 5.91 Å². The van der Waals surface area contributed by atoms with Crippen LogP contribution in [0.15, 0.2) is 46.9 Å². The second-order valence-electron chi connectivity index (χ2n) is 4.88. The summed E-state index contributed by atoms with van der Waals surface area (Å²) in [7, 11) is 1.95. The van der Waals surface area contributed by atoms with Gasteiger partial charge in [0, 0.05) is 10.2 Å². The van der Waals surface area contributed by atoms with Gasteiger partial charge in [0.15, 0.2) is 0 Å². The molecule has 0 aromatic heterocycles. The predicted molar refractivity (Wildman–Crippen MR) is 83.8 cm³/mol. The van der Waals surface area contributed by atoms with Crippen LogP contribution in [0.25, 0.3) is 0 Å². The number of hydrogen-bond donors (Lipinski definition) is 2. The van der Waals surface area contributed by atoms with E-state index in [1.54, 1.807) is 0 Å². The molecule has 1 atom stereocenters. The molecular weight excluding hydrogens is 316 g/mol. The van der Waals surface area contributed by atoms with Gasteiger partial charge in [-0.3, -0.25) is 4.79 Å². The summed E-state index contributed by atoms with van der Waals surface area (Å²) < 4.78 is 1.08. The Bertz CT molecular complexity index is 669. The van der Waals surface area contributed by atoms with Gasteiger partial charge in [-0.15, -0.1) is 0 Å². The average Bonchev–Trinajstić information content (AvgIpc) is 2.81. The smallest absolute Gasteiger partial charge is 0.228 e. The number of hydrogen-bond acceptors (Lipinski definition) is 2. The molecule has 1 aliphatic heterocycles. The third-order valence-corrected chi connectivity index (χ3v) is 4.31. The maximum atomic E-state index is 11.4. The Kier molecular flexibility index (Phi) is 3.59. The van der Waals surface area contributed by atoms with Crippen molar-refractivity contribution in [3.05, 3.63) is 63.6 Å². The summed E-state index contributed by atoms with van der Waals surface area (Å²) in [5, 5.41) is 6.21. The Morgan fingerprint density at radius 1 is 1.25 bits per heavy atom. The topological polar surface area (TPSA) is 41.1 Å². The third kappa shape index (κ3) is 2.37. The van der Waals surface area contributed by atoms with Crippen molar-refractivity contribution in [2.24, 2.45) is 0 Å². The highest BCUT2D eigenvalue weighted by atomic mass is 79.9. The Hall–Kier alpha value is -1.65. The van der Waals surface area contributed by atoms with E-state index in [9.17, 15) is 4.79 Å². The van der Waals surface area contributed by atoms with E-state index in [-0.39, 0.29) is 11.9 Å². The molecule has 20 heavy (non-hydrogen) atoms. The van der Waals surface area contributed by atoms with E-state index >= 15 is 0 Å². The number of carbonyl (C=O) groups is 1. The molecule has 1 heterocycles. The van der Waals surface area contributed by atoms with E-state index in [1.165, 1.54) is 5.56 Å². The summed E-state index contributed by atoms with van der Waals surface area (Å²) in [6, 6.07) is 14.4. The Morgan fingerprint density at radius 2 is 2.05 bits per heavy atom. The molecule has 102 valence electrons. The van der Waals surface area contributed by atoms with Crippen molar-refractivity contribution >= 4 is 27.5 Å². The maximum Gasteiger partial charge on any atom is 0.228 e. The lowest BCUT2D eigenvalue weighted by Gasteiger charge is -2.19. The summed E-state index contributed by atoms with van der Waals surface area (Å²) in [6.45, 7) is 0. The van der Waals surface area contributed by atoms with Gasteiger partial charge < -0.3 is 10.6 Å². The van der Waals surface area contributed by atoms with E-state index in [1.807, 2.05) is 31.3 Å². The Labute approximate surface area is 126 Å². The largest absolute Gasteiger partial charge is 0.326 e. The van der Waals surface area contributed by atoms with Crippen molar-refractivity contribution in [2.45, 2.75) is 12.5 Å². The molecule has 2 N–H and O–H groups in total. The van der Waals surface area contributed by atoms with Crippen LogP contribution >= 0.6 is 15.9 Å². The fourth-order valence-electron chi connectivity index (χ4n) is 2.64. The van der Waals surface area contributed by atoms with E-state index in [0.717, 1.165) is 21.3 Å². The van der Waals surface area contributed by atoms with Crippen LogP contribution < -0.4 is 10.6 Å². The molecule has 0 saturated carbocycles. The molecule has 1 unspecified atom stereocenters. The zero-order valence-corrected chi connectivity index (χ0v) is 12.7. The first-order valence-electron chi connectivity index (χ1n) is 6.53. The number of carbonyl (C=O) groups excluding carboxylic acids is 1. The van der Waals surface area contributed by atoms with Crippen molar-refractivity contribution in [1.82, 2.24) is 5.32 Å². The van der Waals surface area contributed by atoms with Crippen LogP contribution in [-0.2, 0) is 11.2 Å². The molecular formula is C16H15BrN2O. The highest BCUT2D eigenvalue weighted by Crippen LogP contribution is 2.32. The van der Waals surface area contributed by atoms with E-state index in [2.05, 4.69) is 44.8 Å². The van der Waals surface area contributed by atoms with Gasteiger partial charge in [-0.1, -0.05) is 46.3 Å². The van der Waals surface area contributed by atoms with E-state index in [0.29, 0.717) is 6.42 Å². The number of fused-ring (bicyclic) bond motifs is 1. The summed E-state index contributed by atoms with van der Waals surface area (Å²) >= 11 is 3.60. The quantitative estimate of drug-likeness (QED) is 0.906. The lowest BCUT2D eigenvalue weighted by molar-refractivity contribution is -0.115. The van der Waals surface area contributed by atoms with Crippen molar-refractivity contribution in [3.8, 4) is 0 Å². The van der Waals surface area contributed by atoms with Gasteiger partial charge in [-0.05, 0) is 35.9 Å². The first kappa shape index (κ1) is 13.3. The van der Waals surface area contributed by atoms with Crippen LogP contribution in [0, 0.1) is 0 Å². The molecule has 0 spiro atoms. The Balaban J connectivity index is 2.01. The first-order chi connectivity index (χ1) is 9.69. The minimum Gasteiger partial charge on any atom is -0.326 e. The monoisotopic (exact) mass is 330 g/mol. The maximum absolute atomic E-state index is 11.4. The van der Waals surface area contributed by atoms with E-state index in [4.69, 9.17) is 0 Å². The standard InChI is InChI=1S/C16H15BrN2O/c1-18-16(12-4-2-3-5-13(12)17)10-6-7-14-11(8-10)9-15(20)19-14/h2-8,16,18H,9H2,1H3,(H,19,20). The molecule has 3 nitrogen and oxygen atoms in total. The molecule has 4 heteroatoms.